The second-order valence-electron chi connectivity index (χ2n) is 5.69. The third-order valence-corrected chi connectivity index (χ3v) is 4.33. The van der Waals surface area contributed by atoms with Gasteiger partial charge in [0, 0.05) is 11.1 Å². The Morgan fingerprint density at radius 2 is 1.66 bits per heavy atom. The molecule has 0 fully saturated rings. The van der Waals surface area contributed by atoms with Crippen LogP contribution >= 0.6 is 15.9 Å². The van der Waals surface area contributed by atoms with Crippen molar-refractivity contribution in [1.82, 2.24) is 5.32 Å². The number of halogens is 4. The van der Waals surface area contributed by atoms with Crippen LogP contribution in [0.4, 0.5) is 13.2 Å². The van der Waals surface area contributed by atoms with Crippen LogP contribution in [-0.2, 0) is 15.7 Å². The Bertz CT molecular complexity index is 913. The molecule has 1 amide bonds. The first-order valence-electron chi connectivity index (χ1n) is 8.09. The van der Waals surface area contributed by atoms with Gasteiger partial charge in [0.1, 0.15) is 12.3 Å². The highest BCUT2D eigenvalue weighted by Gasteiger charge is 2.30. The standard InChI is InChI=1S/C19H15BrF3NO5/c1-28-16-7-4-12(8-14(16)20)15(25)10-29-17(26)9-24-18(27)11-2-5-13(6-3-11)19(21,22)23/h2-8H,9-10H2,1H3,(H,24,27). The van der Waals surface area contributed by atoms with E-state index in [1.54, 1.807) is 6.07 Å². The van der Waals surface area contributed by atoms with Gasteiger partial charge in [0.2, 0.25) is 0 Å². The molecule has 0 aliphatic carbocycles. The highest BCUT2D eigenvalue weighted by Crippen LogP contribution is 2.29. The largest absolute Gasteiger partial charge is 0.496 e. The van der Waals surface area contributed by atoms with Crippen LogP contribution in [-0.4, -0.2) is 37.9 Å². The third kappa shape index (κ3) is 6.31. The van der Waals surface area contributed by atoms with Gasteiger partial charge in [-0.1, -0.05) is 0 Å². The Kier molecular flexibility index (Phi) is 7.38. The number of amides is 1. The summed E-state index contributed by atoms with van der Waals surface area (Å²) < 4.78 is 47.9. The SMILES string of the molecule is COc1ccc(C(=O)COC(=O)CNC(=O)c2ccc(C(F)(F)F)cc2)cc1Br. The summed E-state index contributed by atoms with van der Waals surface area (Å²) in [6, 6.07) is 8.11. The molecular formula is C19H15BrF3NO5. The van der Waals surface area contributed by atoms with Crippen molar-refractivity contribution in [3.63, 3.8) is 0 Å². The van der Waals surface area contributed by atoms with Crippen molar-refractivity contribution >= 4 is 33.6 Å². The molecule has 0 saturated carbocycles. The molecule has 0 atom stereocenters. The van der Waals surface area contributed by atoms with Crippen LogP contribution in [0.3, 0.4) is 0 Å². The van der Waals surface area contributed by atoms with E-state index in [0.717, 1.165) is 24.3 Å². The predicted molar refractivity (Wildman–Crippen MR) is 99.8 cm³/mol. The third-order valence-electron chi connectivity index (χ3n) is 3.71. The lowest BCUT2D eigenvalue weighted by Gasteiger charge is -2.09. The van der Waals surface area contributed by atoms with Gasteiger partial charge in [-0.05, 0) is 58.4 Å². The maximum Gasteiger partial charge on any atom is 0.416 e. The number of hydrogen-bond acceptors (Lipinski definition) is 5. The van der Waals surface area contributed by atoms with Crippen molar-refractivity contribution in [2.24, 2.45) is 0 Å². The van der Waals surface area contributed by atoms with Crippen LogP contribution in [0.15, 0.2) is 46.9 Å². The second-order valence-corrected chi connectivity index (χ2v) is 6.55. The zero-order valence-corrected chi connectivity index (χ0v) is 16.6. The minimum Gasteiger partial charge on any atom is -0.496 e. The van der Waals surface area contributed by atoms with Crippen molar-refractivity contribution < 1.29 is 37.0 Å². The maximum absolute atomic E-state index is 12.5. The molecule has 154 valence electrons. The Balaban J connectivity index is 1.82. The molecule has 0 spiro atoms. The Morgan fingerprint density at radius 3 is 2.21 bits per heavy atom. The number of carbonyl (C=O) groups is 3. The normalized spacial score (nSPS) is 10.9. The quantitative estimate of drug-likeness (QED) is 0.490. The fraction of sp³-hybridized carbons (Fsp3) is 0.211. The Morgan fingerprint density at radius 1 is 1.03 bits per heavy atom. The number of rotatable bonds is 7. The van der Waals surface area contributed by atoms with E-state index in [0.29, 0.717) is 15.8 Å². The van der Waals surface area contributed by atoms with Gasteiger partial charge >= 0.3 is 12.1 Å². The molecule has 1 N–H and O–H groups in total. The summed E-state index contributed by atoms with van der Waals surface area (Å²) in [4.78, 5) is 35.6. The van der Waals surface area contributed by atoms with Gasteiger partial charge in [-0.3, -0.25) is 14.4 Å². The lowest BCUT2D eigenvalue weighted by atomic mass is 10.1. The van der Waals surface area contributed by atoms with Gasteiger partial charge in [0.25, 0.3) is 5.91 Å². The van der Waals surface area contributed by atoms with E-state index in [9.17, 15) is 27.6 Å². The zero-order chi connectivity index (χ0) is 21.6. The molecule has 10 heteroatoms. The maximum atomic E-state index is 12.5. The number of ether oxygens (including phenoxy) is 2. The van der Waals surface area contributed by atoms with E-state index >= 15 is 0 Å². The molecular weight excluding hydrogens is 459 g/mol. The van der Waals surface area contributed by atoms with Crippen LogP contribution in [0, 0.1) is 0 Å². The fourth-order valence-corrected chi connectivity index (χ4v) is 2.73. The number of Topliss-reactive ketones (excluding diaryl/α,β-unsaturated/α-hetero) is 1. The van der Waals surface area contributed by atoms with E-state index in [1.165, 1.54) is 19.2 Å². The topological polar surface area (TPSA) is 81.7 Å². The lowest BCUT2D eigenvalue weighted by molar-refractivity contribution is -0.141. The summed E-state index contributed by atoms with van der Waals surface area (Å²) in [6.45, 7) is -1.08. The molecule has 0 unspecified atom stereocenters. The Hall–Kier alpha value is -2.88. The highest BCUT2D eigenvalue weighted by atomic mass is 79.9. The fourth-order valence-electron chi connectivity index (χ4n) is 2.19. The van der Waals surface area contributed by atoms with Crippen LogP contribution < -0.4 is 10.1 Å². The summed E-state index contributed by atoms with van der Waals surface area (Å²) in [5.74, 6) is -1.55. The van der Waals surface area contributed by atoms with Crippen LogP contribution in [0.2, 0.25) is 0 Å². The molecule has 0 saturated heterocycles. The summed E-state index contributed by atoms with van der Waals surface area (Å²) >= 11 is 3.24. The molecule has 29 heavy (non-hydrogen) atoms. The summed E-state index contributed by atoms with van der Waals surface area (Å²) in [5, 5.41) is 2.21. The van der Waals surface area contributed by atoms with E-state index in [4.69, 9.17) is 9.47 Å². The number of hydrogen-bond donors (Lipinski definition) is 1. The smallest absolute Gasteiger partial charge is 0.416 e. The van der Waals surface area contributed by atoms with Crippen molar-refractivity contribution in [3.05, 3.63) is 63.6 Å². The lowest BCUT2D eigenvalue weighted by Crippen LogP contribution is -2.31. The highest BCUT2D eigenvalue weighted by molar-refractivity contribution is 9.10. The van der Waals surface area contributed by atoms with Crippen molar-refractivity contribution in [2.75, 3.05) is 20.3 Å². The van der Waals surface area contributed by atoms with E-state index in [1.807, 2.05) is 0 Å². The molecule has 0 bridgehead atoms. The predicted octanol–water partition coefficient (Wildman–Crippen LogP) is 3.63. The average Bonchev–Trinajstić information content (AvgIpc) is 2.69. The van der Waals surface area contributed by atoms with Gasteiger partial charge in [-0.15, -0.1) is 0 Å². The molecule has 6 nitrogen and oxygen atoms in total. The average molecular weight is 474 g/mol. The number of ketones is 1. The number of alkyl halides is 3. The van der Waals surface area contributed by atoms with Crippen LogP contribution in [0.25, 0.3) is 0 Å². The van der Waals surface area contributed by atoms with Crippen LogP contribution in [0.5, 0.6) is 5.75 Å². The van der Waals surface area contributed by atoms with Gasteiger partial charge < -0.3 is 14.8 Å². The van der Waals surface area contributed by atoms with Crippen molar-refractivity contribution in [2.45, 2.75) is 6.18 Å². The van der Waals surface area contributed by atoms with Gasteiger partial charge in [-0.25, -0.2) is 0 Å². The summed E-state index contributed by atoms with van der Waals surface area (Å²) in [7, 11) is 1.47. The minimum absolute atomic E-state index is 0.0510. The van der Waals surface area contributed by atoms with Crippen molar-refractivity contribution in [1.29, 1.82) is 0 Å². The Labute approximate surface area is 172 Å². The number of esters is 1. The van der Waals surface area contributed by atoms with Gasteiger partial charge in [0.15, 0.2) is 12.4 Å². The molecule has 0 aromatic heterocycles. The number of benzene rings is 2. The minimum atomic E-state index is -4.51. The van der Waals surface area contributed by atoms with Gasteiger partial charge in [-0.2, -0.15) is 13.2 Å². The molecule has 2 rings (SSSR count). The van der Waals surface area contributed by atoms with E-state index < -0.39 is 42.6 Å². The number of methoxy groups -OCH3 is 1. The first kappa shape index (κ1) is 22.4. The monoisotopic (exact) mass is 473 g/mol. The van der Waals surface area contributed by atoms with E-state index in [2.05, 4.69) is 21.2 Å². The summed E-state index contributed by atoms with van der Waals surface area (Å²) in [6.07, 6.45) is -4.51. The second kappa shape index (κ2) is 9.55. The molecule has 0 aliphatic heterocycles. The molecule has 0 aliphatic rings. The number of carbonyl (C=O) groups excluding carboxylic acids is 3. The first-order valence-corrected chi connectivity index (χ1v) is 8.89. The van der Waals surface area contributed by atoms with E-state index in [-0.39, 0.29) is 5.56 Å². The molecule has 0 radical (unpaired) electrons. The first-order chi connectivity index (χ1) is 13.6. The van der Waals surface area contributed by atoms with Crippen LogP contribution in [0.1, 0.15) is 26.3 Å². The summed E-state index contributed by atoms with van der Waals surface area (Å²) in [5.41, 5.74) is -0.652. The number of nitrogens with one attached hydrogen (secondary N) is 1. The zero-order valence-electron chi connectivity index (χ0n) is 15.0. The van der Waals surface area contributed by atoms with Gasteiger partial charge in [0.05, 0.1) is 17.1 Å². The van der Waals surface area contributed by atoms with Crippen molar-refractivity contribution in [3.8, 4) is 5.75 Å². The molecule has 2 aromatic rings. The molecule has 0 heterocycles. The molecule has 2 aromatic carbocycles.